The Labute approximate surface area is 115 Å². The van der Waals surface area contributed by atoms with Crippen molar-refractivity contribution in [2.24, 2.45) is 0 Å². The molecule has 114 valence electrons. The quantitative estimate of drug-likeness (QED) is 0.817. The lowest BCUT2D eigenvalue weighted by molar-refractivity contribution is -0.134. The molecule has 9 heteroatoms. The predicted octanol–water partition coefficient (Wildman–Crippen LogP) is 2.09. The van der Waals surface area contributed by atoms with Gasteiger partial charge in [-0.3, -0.25) is 0 Å². The van der Waals surface area contributed by atoms with Crippen LogP contribution in [0.15, 0.2) is 23.2 Å². The molecule has 20 heavy (non-hydrogen) atoms. The van der Waals surface area contributed by atoms with E-state index in [2.05, 4.69) is 10.3 Å². The summed E-state index contributed by atoms with van der Waals surface area (Å²) in [4.78, 5) is 3.89. The van der Waals surface area contributed by atoms with Crippen LogP contribution in [-0.4, -0.2) is 44.5 Å². The third-order valence-electron chi connectivity index (χ3n) is 2.46. The molecule has 1 heterocycles. The molecule has 0 aliphatic carbocycles. The first-order valence-electron chi connectivity index (χ1n) is 5.82. The van der Waals surface area contributed by atoms with Gasteiger partial charge in [-0.25, -0.2) is 17.7 Å². The Morgan fingerprint density at radius 1 is 1.30 bits per heavy atom. The second kappa shape index (κ2) is 6.40. The van der Waals surface area contributed by atoms with Gasteiger partial charge < -0.3 is 5.32 Å². The minimum absolute atomic E-state index is 0.0309. The number of alkyl halides is 3. The van der Waals surface area contributed by atoms with Gasteiger partial charge in [0.15, 0.2) is 0 Å². The summed E-state index contributed by atoms with van der Waals surface area (Å²) in [6.07, 6.45) is -3.93. The molecule has 1 aromatic heterocycles. The largest absolute Gasteiger partial charge is 0.389 e. The van der Waals surface area contributed by atoms with Crippen LogP contribution in [0.1, 0.15) is 12.8 Å². The van der Waals surface area contributed by atoms with Gasteiger partial charge in [-0.05, 0) is 18.6 Å². The lowest BCUT2D eigenvalue weighted by Gasteiger charge is -2.12. The molecule has 1 aromatic rings. The van der Waals surface area contributed by atoms with Gasteiger partial charge in [0.1, 0.15) is 10.7 Å². The number of hydrogen-bond acceptors (Lipinski definition) is 4. The molecular weight excluding hydrogens is 295 g/mol. The van der Waals surface area contributed by atoms with E-state index in [1.807, 2.05) is 0 Å². The number of anilines is 1. The van der Waals surface area contributed by atoms with E-state index in [9.17, 15) is 21.6 Å². The van der Waals surface area contributed by atoms with Crippen LogP contribution in [0, 0.1) is 0 Å². The molecule has 0 fully saturated rings. The zero-order chi connectivity index (χ0) is 15.4. The van der Waals surface area contributed by atoms with Crippen LogP contribution < -0.4 is 5.32 Å². The second-order valence-electron chi connectivity index (χ2n) is 4.31. The Hall–Kier alpha value is -1.35. The number of pyridine rings is 1. The van der Waals surface area contributed by atoms with Crippen molar-refractivity contribution in [3.8, 4) is 0 Å². The summed E-state index contributed by atoms with van der Waals surface area (Å²) >= 11 is 0. The fourth-order valence-electron chi connectivity index (χ4n) is 1.35. The van der Waals surface area contributed by atoms with Crippen LogP contribution in [0.25, 0.3) is 0 Å². The number of aromatic nitrogens is 1. The van der Waals surface area contributed by atoms with E-state index in [0.717, 1.165) is 4.31 Å². The molecule has 0 atom stereocenters. The number of sulfonamides is 1. The minimum atomic E-state index is -4.17. The first-order chi connectivity index (χ1) is 9.13. The zero-order valence-electron chi connectivity index (χ0n) is 11.1. The van der Waals surface area contributed by atoms with Gasteiger partial charge in [-0.1, -0.05) is 0 Å². The Kier molecular flexibility index (Phi) is 5.35. The number of nitrogens with one attached hydrogen (secondary N) is 1. The van der Waals surface area contributed by atoms with Crippen molar-refractivity contribution in [1.29, 1.82) is 0 Å². The minimum Gasteiger partial charge on any atom is -0.370 e. The number of rotatable bonds is 6. The van der Waals surface area contributed by atoms with Crippen molar-refractivity contribution < 1.29 is 21.6 Å². The van der Waals surface area contributed by atoms with Crippen LogP contribution in [-0.2, 0) is 10.0 Å². The van der Waals surface area contributed by atoms with E-state index in [-0.39, 0.29) is 17.9 Å². The smallest absolute Gasteiger partial charge is 0.370 e. The molecule has 1 rings (SSSR count). The predicted molar refractivity (Wildman–Crippen MR) is 68.9 cm³/mol. The maximum Gasteiger partial charge on any atom is 0.389 e. The molecule has 0 bridgehead atoms. The normalized spacial score (nSPS) is 12.7. The van der Waals surface area contributed by atoms with E-state index in [1.165, 1.54) is 32.4 Å². The maximum atomic E-state index is 11.9. The van der Waals surface area contributed by atoms with Crippen molar-refractivity contribution >= 4 is 15.8 Å². The van der Waals surface area contributed by atoms with Crippen LogP contribution in [0.4, 0.5) is 19.0 Å². The van der Waals surface area contributed by atoms with Crippen molar-refractivity contribution in [2.45, 2.75) is 23.9 Å². The summed E-state index contributed by atoms with van der Waals surface area (Å²) in [5.74, 6) is 0.338. The molecule has 0 aliphatic rings. The fourth-order valence-corrected chi connectivity index (χ4v) is 2.20. The summed E-state index contributed by atoms with van der Waals surface area (Å²) in [6.45, 7) is 0.117. The molecule has 0 aliphatic heterocycles. The lowest BCUT2D eigenvalue weighted by atomic mass is 10.3. The molecule has 0 saturated heterocycles. The topological polar surface area (TPSA) is 62.3 Å². The average molecular weight is 311 g/mol. The third-order valence-corrected chi connectivity index (χ3v) is 4.26. The molecule has 0 spiro atoms. The SMILES string of the molecule is CN(C)S(=O)(=O)c1ccc(NCCCC(F)(F)F)nc1. The highest BCUT2D eigenvalue weighted by Crippen LogP contribution is 2.21. The van der Waals surface area contributed by atoms with E-state index in [0.29, 0.717) is 5.82 Å². The summed E-state index contributed by atoms with van der Waals surface area (Å²) in [5, 5.41) is 2.71. The van der Waals surface area contributed by atoms with Crippen LogP contribution in [0.2, 0.25) is 0 Å². The Morgan fingerprint density at radius 3 is 2.40 bits per heavy atom. The zero-order valence-corrected chi connectivity index (χ0v) is 11.9. The highest BCUT2D eigenvalue weighted by atomic mass is 32.2. The summed E-state index contributed by atoms with van der Waals surface area (Å²) < 4.78 is 60.3. The highest BCUT2D eigenvalue weighted by Gasteiger charge is 2.25. The lowest BCUT2D eigenvalue weighted by Crippen LogP contribution is -2.22. The standard InChI is InChI=1S/C11H16F3N3O2S/c1-17(2)20(18,19)9-4-5-10(16-8-9)15-7-3-6-11(12,13)14/h4-5,8H,3,6-7H2,1-2H3,(H,15,16). The highest BCUT2D eigenvalue weighted by molar-refractivity contribution is 7.89. The first kappa shape index (κ1) is 16.7. The fraction of sp³-hybridized carbons (Fsp3) is 0.545. The molecule has 1 N–H and O–H groups in total. The Balaban J connectivity index is 2.56. The van der Waals surface area contributed by atoms with Crippen molar-refractivity contribution in [2.75, 3.05) is 26.0 Å². The van der Waals surface area contributed by atoms with Crippen molar-refractivity contribution in [3.05, 3.63) is 18.3 Å². The molecule has 5 nitrogen and oxygen atoms in total. The maximum absolute atomic E-state index is 11.9. The Bertz CT molecular complexity index is 527. The van der Waals surface area contributed by atoms with E-state index in [1.54, 1.807) is 0 Å². The van der Waals surface area contributed by atoms with E-state index in [4.69, 9.17) is 0 Å². The van der Waals surface area contributed by atoms with Gasteiger partial charge in [-0.15, -0.1) is 0 Å². The van der Waals surface area contributed by atoms with E-state index < -0.39 is 22.6 Å². The van der Waals surface area contributed by atoms with Gasteiger partial charge in [0.05, 0.1) is 0 Å². The number of nitrogens with zero attached hydrogens (tertiary/aromatic N) is 2. The Morgan fingerprint density at radius 2 is 1.95 bits per heavy atom. The van der Waals surface area contributed by atoms with Crippen molar-refractivity contribution in [1.82, 2.24) is 9.29 Å². The van der Waals surface area contributed by atoms with Gasteiger partial charge in [0, 0.05) is 33.3 Å². The average Bonchev–Trinajstić information content (AvgIpc) is 2.34. The van der Waals surface area contributed by atoms with Crippen molar-refractivity contribution in [3.63, 3.8) is 0 Å². The van der Waals surface area contributed by atoms with Gasteiger partial charge in [0.25, 0.3) is 0 Å². The molecule has 0 amide bonds. The van der Waals surface area contributed by atoms with Gasteiger partial charge >= 0.3 is 6.18 Å². The number of halogens is 3. The molecular formula is C11H16F3N3O2S. The monoisotopic (exact) mass is 311 g/mol. The molecule has 0 aromatic carbocycles. The van der Waals surface area contributed by atoms with Gasteiger partial charge in [0.2, 0.25) is 10.0 Å². The van der Waals surface area contributed by atoms with Crippen LogP contribution in [0.5, 0.6) is 0 Å². The summed E-state index contributed by atoms with van der Waals surface area (Å²) in [6, 6.07) is 2.78. The van der Waals surface area contributed by atoms with Crippen LogP contribution in [0.3, 0.4) is 0 Å². The number of hydrogen-bond donors (Lipinski definition) is 1. The van der Waals surface area contributed by atoms with Crippen LogP contribution >= 0.6 is 0 Å². The first-order valence-corrected chi connectivity index (χ1v) is 7.26. The molecule has 0 radical (unpaired) electrons. The molecule has 0 saturated carbocycles. The third kappa shape index (κ3) is 4.97. The van der Waals surface area contributed by atoms with Gasteiger partial charge in [-0.2, -0.15) is 13.2 Å². The van der Waals surface area contributed by atoms with E-state index >= 15 is 0 Å². The summed E-state index contributed by atoms with van der Waals surface area (Å²) in [7, 11) is -0.741. The second-order valence-corrected chi connectivity index (χ2v) is 6.46. The summed E-state index contributed by atoms with van der Waals surface area (Å²) in [5.41, 5.74) is 0. The molecule has 0 unspecified atom stereocenters.